The first-order valence-corrected chi connectivity index (χ1v) is 28.0. The minimum absolute atomic E-state index is 0.132. The number of hydrogen-bond acceptors (Lipinski definition) is 15. The molecule has 12 heterocycles. The van der Waals surface area contributed by atoms with Gasteiger partial charge in [-0.2, -0.15) is 5.26 Å². The third kappa shape index (κ3) is 9.18. The molecule has 0 amide bonds. The summed E-state index contributed by atoms with van der Waals surface area (Å²) in [5, 5.41) is 11.9. The first kappa shape index (κ1) is 51.2. The molecule has 0 bridgehead atoms. The number of rotatable bonds is 6. The lowest BCUT2D eigenvalue weighted by molar-refractivity contribution is 0.0544. The van der Waals surface area contributed by atoms with Crippen molar-refractivity contribution in [1.29, 1.82) is 5.26 Å². The van der Waals surface area contributed by atoms with Crippen LogP contribution in [0.25, 0.3) is 44.6 Å². The number of hydrogen-bond donors (Lipinski definition) is 0. The molecule has 0 radical (unpaired) electrons. The highest BCUT2D eigenvalue weighted by Crippen LogP contribution is 2.55. The molecule has 402 valence electrons. The van der Waals surface area contributed by atoms with Gasteiger partial charge in [-0.1, -0.05) is 12.1 Å². The van der Waals surface area contributed by atoms with Crippen LogP contribution in [0.5, 0.6) is 0 Å². The topological polar surface area (TPSA) is 151 Å². The molecule has 0 aliphatic carbocycles. The Hall–Kier alpha value is -7.27. The summed E-state index contributed by atoms with van der Waals surface area (Å²) in [7, 11) is 0. The summed E-state index contributed by atoms with van der Waals surface area (Å²) in [5.41, 5.74) is 14.2. The Labute approximate surface area is 465 Å². The van der Waals surface area contributed by atoms with Crippen molar-refractivity contribution in [2.75, 3.05) is 112 Å². The molecule has 2 aromatic carbocycles. The van der Waals surface area contributed by atoms with E-state index < -0.39 is 0 Å². The first-order valence-electron chi connectivity index (χ1n) is 27.2. The summed E-state index contributed by atoms with van der Waals surface area (Å²) in [6.07, 6.45) is 6.94. The van der Waals surface area contributed by atoms with Crippen molar-refractivity contribution < 1.29 is 27.7 Å². The molecule has 14 rings (SSSR count). The Morgan fingerprint density at radius 3 is 1.43 bits per heavy atom. The predicted molar refractivity (Wildman–Crippen MR) is 304 cm³/mol. The Morgan fingerprint density at radius 1 is 0.532 bits per heavy atom. The van der Waals surface area contributed by atoms with Crippen LogP contribution in [0.3, 0.4) is 0 Å². The zero-order valence-corrected chi connectivity index (χ0v) is 45.7. The summed E-state index contributed by atoms with van der Waals surface area (Å²) in [5.74, 6) is -0.640. The van der Waals surface area contributed by atoms with Crippen LogP contribution in [0, 0.1) is 36.8 Å². The van der Waals surface area contributed by atoms with E-state index in [9.17, 15) is 14.0 Å². The van der Waals surface area contributed by atoms with Crippen LogP contribution in [0.2, 0.25) is 0 Å². The number of pyridine rings is 6. The minimum atomic E-state index is -0.334. The zero-order chi connectivity index (χ0) is 53.8. The monoisotopic (exact) mass is 1130 g/mol. The van der Waals surface area contributed by atoms with Gasteiger partial charge in [-0.25, -0.2) is 28.7 Å². The van der Waals surface area contributed by atoms with Gasteiger partial charge < -0.3 is 38.5 Å². The molecule has 6 aliphatic rings. The van der Waals surface area contributed by atoms with Crippen LogP contribution < -0.4 is 19.6 Å². The van der Waals surface area contributed by atoms with E-state index in [0.29, 0.717) is 89.2 Å². The van der Waals surface area contributed by atoms with E-state index in [4.69, 9.17) is 38.9 Å². The summed E-state index contributed by atoms with van der Waals surface area (Å²) in [6.45, 7) is 14.0. The van der Waals surface area contributed by atoms with Crippen LogP contribution in [-0.4, -0.2) is 122 Å². The smallest absolute Gasteiger partial charge is 0.164 e. The van der Waals surface area contributed by atoms with Crippen LogP contribution >= 0.6 is 15.9 Å². The summed E-state index contributed by atoms with van der Waals surface area (Å²) >= 11 is 3.81. The van der Waals surface area contributed by atoms with Crippen LogP contribution in [0.15, 0.2) is 102 Å². The fourth-order valence-electron chi connectivity index (χ4n) is 12.8. The number of nitriles is 1. The lowest BCUT2D eigenvalue weighted by atomic mass is 9.78. The number of morpholine rings is 2. The van der Waals surface area contributed by atoms with E-state index in [1.54, 1.807) is 12.4 Å². The van der Waals surface area contributed by atoms with Gasteiger partial charge in [-0.3, -0.25) is 9.97 Å². The number of benzene rings is 2. The van der Waals surface area contributed by atoms with Crippen LogP contribution in [0.1, 0.15) is 53.9 Å². The molecule has 0 saturated carbocycles. The second-order valence-electron chi connectivity index (χ2n) is 21.3. The maximum Gasteiger partial charge on any atom is 0.164 e. The van der Waals surface area contributed by atoms with Crippen molar-refractivity contribution >= 4 is 71.9 Å². The molecule has 4 saturated heterocycles. The van der Waals surface area contributed by atoms with E-state index in [1.807, 2.05) is 48.5 Å². The fourth-order valence-corrected chi connectivity index (χ4v) is 13.3. The van der Waals surface area contributed by atoms with Gasteiger partial charge in [0.05, 0.1) is 106 Å². The van der Waals surface area contributed by atoms with E-state index in [2.05, 4.69) is 77.5 Å². The number of halogens is 3. The van der Waals surface area contributed by atoms with Gasteiger partial charge in [0, 0.05) is 123 Å². The summed E-state index contributed by atoms with van der Waals surface area (Å²) in [6, 6.07) is 28.0. The molecule has 0 unspecified atom stereocenters. The second-order valence-corrected chi connectivity index (χ2v) is 22.0. The van der Waals surface area contributed by atoms with Gasteiger partial charge in [0.25, 0.3) is 0 Å². The normalized spacial score (nSPS) is 18.4. The molecule has 6 aliphatic heterocycles. The quantitative estimate of drug-likeness (QED) is 0.145. The van der Waals surface area contributed by atoms with Gasteiger partial charge >= 0.3 is 0 Å². The van der Waals surface area contributed by atoms with Crippen molar-refractivity contribution in [2.45, 2.75) is 50.4 Å². The third-order valence-electron chi connectivity index (χ3n) is 16.8. The third-order valence-corrected chi connectivity index (χ3v) is 17.4. The summed E-state index contributed by atoms with van der Waals surface area (Å²) in [4.78, 5) is 38.5. The number of ether oxygens (including phenoxy) is 4. The molecule has 0 N–H and O–H groups in total. The highest BCUT2D eigenvalue weighted by molar-refractivity contribution is 9.10. The number of nitrogens with zero attached hydrogens (tertiary/aromatic N) is 11. The van der Waals surface area contributed by atoms with Gasteiger partial charge in [-0.15, -0.1) is 0 Å². The molecule has 79 heavy (non-hydrogen) atoms. The summed E-state index contributed by atoms with van der Waals surface area (Å²) < 4.78 is 52.7. The van der Waals surface area contributed by atoms with Crippen molar-refractivity contribution in [3.05, 3.63) is 142 Å². The average Bonchev–Trinajstić information content (AvgIpc) is 4.03. The molecule has 15 nitrogen and oxygen atoms in total. The fraction of sp³-hybridized carbons (Fsp3) is 0.361. The van der Waals surface area contributed by atoms with E-state index in [0.717, 1.165) is 140 Å². The lowest BCUT2D eigenvalue weighted by Crippen LogP contribution is -2.38. The molecule has 6 aromatic heterocycles. The Kier molecular flexibility index (Phi) is 13.7. The Balaban J connectivity index is 0.000000150. The second kappa shape index (κ2) is 21.1. The maximum atomic E-state index is 14.5. The number of aromatic nitrogens is 6. The van der Waals surface area contributed by atoms with E-state index in [-0.39, 0.29) is 22.5 Å². The number of fused-ring (bicyclic) bond motifs is 6. The van der Waals surface area contributed by atoms with Gasteiger partial charge in [0.15, 0.2) is 5.69 Å². The highest BCUT2D eigenvalue weighted by atomic mass is 79.9. The molecular weight excluding hydrogens is 1070 g/mol. The highest BCUT2D eigenvalue weighted by Gasteiger charge is 2.49. The van der Waals surface area contributed by atoms with Crippen LogP contribution in [0.4, 0.5) is 42.9 Å². The molecule has 8 aromatic rings. The molecule has 0 atom stereocenters. The van der Waals surface area contributed by atoms with Crippen molar-refractivity contribution in [3.8, 4) is 28.8 Å². The van der Waals surface area contributed by atoms with Crippen molar-refractivity contribution in [3.63, 3.8) is 0 Å². The average molecular weight is 1130 g/mol. The van der Waals surface area contributed by atoms with Crippen molar-refractivity contribution in [1.82, 2.24) is 29.9 Å². The van der Waals surface area contributed by atoms with E-state index in [1.165, 1.54) is 24.3 Å². The lowest BCUT2D eigenvalue weighted by Gasteiger charge is -2.34. The number of anilines is 6. The largest absolute Gasteiger partial charge is 0.381 e. The van der Waals surface area contributed by atoms with Gasteiger partial charge in [0.1, 0.15) is 22.3 Å². The van der Waals surface area contributed by atoms with Crippen LogP contribution in [-0.2, 0) is 29.8 Å². The minimum Gasteiger partial charge on any atom is -0.381 e. The standard InChI is InChI=1S/C31H29FN6O2.C30H29BrFN5O2/c1-20-28(23-4-2-3-9-34-23)35-24-16-21(32)5-6-22(24)29(20)38-19-31(7-12-39-13-8-31)30-27(38)17-26(25(18-33)36-30)37-10-14-40-15-11-37;1-19-26(22-4-2-3-9-33-22)34-23-16-20(32)5-6-21(23)27(19)37-18-30(7-12-38-13-8-30)28-24(37)17-25(29(31)35-28)36-10-14-39-15-11-36/h2-6,9,16-17H,7-8,10-15,19H2,1H3;2-6,9,16-17H,7-8,10-15,18H2,1H3. The molecular formula is C61H58BrF2N11O4. The Bertz CT molecular complexity index is 3680. The van der Waals surface area contributed by atoms with Gasteiger partial charge in [0.2, 0.25) is 0 Å². The zero-order valence-electron chi connectivity index (χ0n) is 44.2. The van der Waals surface area contributed by atoms with E-state index >= 15 is 0 Å². The van der Waals surface area contributed by atoms with Gasteiger partial charge in [-0.05, 0) is 116 Å². The SMILES string of the molecule is Cc1c(-c2ccccn2)nc2cc(F)ccc2c1N1CC2(CCOCC2)c2nc(Br)c(N3CCOCC3)cc21.Cc1c(-c2ccccn2)nc2cc(F)ccc2c1N1CC2(CCOCC2)c2nc(C#N)c(N3CCOCC3)cc21. The maximum absolute atomic E-state index is 14.5. The molecule has 4 fully saturated rings. The molecule has 2 spiro atoms. The predicted octanol–water partition coefficient (Wildman–Crippen LogP) is 11.0. The Morgan fingerprint density at radius 2 is 0.975 bits per heavy atom. The molecule has 18 heteroatoms. The first-order chi connectivity index (χ1) is 38.6. The van der Waals surface area contributed by atoms with Crippen molar-refractivity contribution in [2.24, 2.45) is 0 Å².